The first-order valence-electron chi connectivity index (χ1n) is 5.95. The van der Waals surface area contributed by atoms with Crippen LogP contribution in [0.15, 0.2) is 30.7 Å². The average Bonchev–Trinajstić information content (AvgIpc) is 2.72. The van der Waals surface area contributed by atoms with Crippen LogP contribution >= 0.6 is 0 Å². The number of aryl methyl sites for hydroxylation is 1. The molecule has 4 nitrogen and oxygen atoms in total. The van der Waals surface area contributed by atoms with E-state index in [-0.39, 0.29) is 0 Å². The Morgan fingerprint density at radius 3 is 2.76 bits per heavy atom. The molecule has 0 amide bonds. The standard InChI is InChI=1S/C13H18N4/c1-3-6-15-9-12-10-17(2)16-13(12)11-4-7-14-8-5-11/h4-5,7-8,10,15H,3,6,9H2,1-2H3. The molecular weight excluding hydrogens is 212 g/mol. The normalized spacial score (nSPS) is 10.7. The fraction of sp³-hybridized carbons (Fsp3) is 0.385. The van der Waals surface area contributed by atoms with Gasteiger partial charge >= 0.3 is 0 Å². The lowest BCUT2D eigenvalue weighted by Crippen LogP contribution is -2.13. The van der Waals surface area contributed by atoms with Crippen LogP contribution in [0.25, 0.3) is 11.3 Å². The summed E-state index contributed by atoms with van der Waals surface area (Å²) in [6.45, 7) is 4.06. The highest BCUT2D eigenvalue weighted by molar-refractivity contribution is 5.61. The van der Waals surface area contributed by atoms with Gasteiger partial charge in [-0.15, -0.1) is 0 Å². The Labute approximate surface area is 102 Å². The molecule has 2 aromatic rings. The first-order chi connectivity index (χ1) is 8.31. The van der Waals surface area contributed by atoms with Gasteiger partial charge in [-0.05, 0) is 25.1 Å². The van der Waals surface area contributed by atoms with Crippen LogP contribution in [0.5, 0.6) is 0 Å². The number of aromatic nitrogens is 3. The second-order valence-corrected chi connectivity index (χ2v) is 4.09. The zero-order valence-corrected chi connectivity index (χ0v) is 10.3. The summed E-state index contributed by atoms with van der Waals surface area (Å²) in [5, 5.41) is 7.91. The van der Waals surface area contributed by atoms with Gasteiger partial charge in [0.05, 0.1) is 5.69 Å². The van der Waals surface area contributed by atoms with Crippen molar-refractivity contribution in [2.45, 2.75) is 19.9 Å². The summed E-state index contributed by atoms with van der Waals surface area (Å²) >= 11 is 0. The zero-order valence-electron chi connectivity index (χ0n) is 10.3. The highest BCUT2D eigenvalue weighted by atomic mass is 15.3. The molecule has 4 heteroatoms. The third-order valence-electron chi connectivity index (χ3n) is 2.60. The number of nitrogens with zero attached hydrogens (tertiary/aromatic N) is 3. The molecule has 0 unspecified atom stereocenters. The van der Waals surface area contributed by atoms with E-state index in [1.165, 1.54) is 5.56 Å². The van der Waals surface area contributed by atoms with Crippen molar-refractivity contribution in [2.24, 2.45) is 7.05 Å². The van der Waals surface area contributed by atoms with Crippen molar-refractivity contribution in [1.82, 2.24) is 20.1 Å². The van der Waals surface area contributed by atoms with Gasteiger partial charge < -0.3 is 5.32 Å². The van der Waals surface area contributed by atoms with E-state index in [1.54, 1.807) is 12.4 Å². The summed E-state index contributed by atoms with van der Waals surface area (Å²) in [4.78, 5) is 4.03. The van der Waals surface area contributed by atoms with Crippen molar-refractivity contribution < 1.29 is 0 Å². The Bertz CT molecular complexity index is 462. The summed E-state index contributed by atoms with van der Waals surface area (Å²) in [7, 11) is 1.95. The van der Waals surface area contributed by atoms with Crippen molar-refractivity contribution in [2.75, 3.05) is 6.54 Å². The molecule has 0 aliphatic heterocycles. The summed E-state index contributed by atoms with van der Waals surface area (Å²) in [6.07, 6.45) is 6.81. The van der Waals surface area contributed by atoms with E-state index in [0.717, 1.165) is 30.8 Å². The lowest BCUT2D eigenvalue weighted by Gasteiger charge is -2.03. The molecule has 2 rings (SSSR count). The molecule has 0 aliphatic carbocycles. The fourth-order valence-corrected chi connectivity index (χ4v) is 1.82. The lowest BCUT2D eigenvalue weighted by atomic mass is 10.1. The SMILES string of the molecule is CCCNCc1cn(C)nc1-c1ccncc1. The van der Waals surface area contributed by atoms with Crippen LogP contribution in [0.3, 0.4) is 0 Å². The lowest BCUT2D eigenvalue weighted by molar-refractivity contribution is 0.675. The van der Waals surface area contributed by atoms with Gasteiger partial charge in [-0.2, -0.15) is 5.10 Å². The summed E-state index contributed by atoms with van der Waals surface area (Å²) < 4.78 is 1.86. The van der Waals surface area contributed by atoms with Gasteiger partial charge in [0.1, 0.15) is 0 Å². The van der Waals surface area contributed by atoms with Crippen molar-refractivity contribution in [3.05, 3.63) is 36.3 Å². The van der Waals surface area contributed by atoms with Crippen LogP contribution in [-0.4, -0.2) is 21.3 Å². The maximum absolute atomic E-state index is 4.51. The highest BCUT2D eigenvalue weighted by Crippen LogP contribution is 2.20. The van der Waals surface area contributed by atoms with Crippen LogP contribution in [-0.2, 0) is 13.6 Å². The Kier molecular flexibility index (Phi) is 3.88. The van der Waals surface area contributed by atoms with Gasteiger partial charge in [-0.1, -0.05) is 6.92 Å². The second kappa shape index (κ2) is 5.59. The van der Waals surface area contributed by atoms with E-state index in [9.17, 15) is 0 Å². The summed E-state index contributed by atoms with van der Waals surface area (Å²) in [6, 6.07) is 3.98. The minimum atomic E-state index is 0.860. The van der Waals surface area contributed by atoms with Crippen LogP contribution in [0.2, 0.25) is 0 Å². The molecule has 0 bridgehead atoms. The third kappa shape index (κ3) is 2.91. The highest BCUT2D eigenvalue weighted by Gasteiger charge is 2.09. The number of hydrogen-bond acceptors (Lipinski definition) is 3. The minimum Gasteiger partial charge on any atom is -0.313 e. The molecule has 0 fully saturated rings. The monoisotopic (exact) mass is 230 g/mol. The van der Waals surface area contributed by atoms with E-state index in [2.05, 4.69) is 28.5 Å². The van der Waals surface area contributed by atoms with Gasteiger partial charge in [-0.25, -0.2) is 0 Å². The molecule has 0 saturated carbocycles. The molecule has 0 spiro atoms. The minimum absolute atomic E-state index is 0.860. The van der Waals surface area contributed by atoms with Gasteiger partial charge in [0.15, 0.2) is 0 Å². The zero-order chi connectivity index (χ0) is 12.1. The number of hydrogen-bond donors (Lipinski definition) is 1. The van der Waals surface area contributed by atoms with Gasteiger partial charge in [0.25, 0.3) is 0 Å². The molecule has 1 N–H and O–H groups in total. The predicted octanol–water partition coefficient (Wildman–Crippen LogP) is 1.98. The first-order valence-corrected chi connectivity index (χ1v) is 5.95. The van der Waals surface area contributed by atoms with Crippen molar-refractivity contribution in [1.29, 1.82) is 0 Å². The maximum atomic E-state index is 4.51. The van der Waals surface area contributed by atoms with Crippen molar-refractivity contribution >= 4 is 0 Å². The molecule has 0 saturated heterocycles. The van der Waals surface area contributed by atoms with E-state index in [0.29, 0.717) is 0 Å². The van der Waals surface area contributed by atoms with Gasteiger partial charge in [0.2, 0.25) is 0 Å². The molecule has 0 atom stereocenters. The van der Waals surface area contributed by atoms with Crippen LogP contribution in [0.4, 0.5) is 0 Å². The number of nitrogens with one attached hydrogen (secondary N) is 1. The Balaban J connectivity index is 2.22. The molecule has 0 aliphatic rings. The second-order valence-electron chi connectivity index (χ2n) is 4.09. The average molecular weight is 230 g/mol. The largest absolute Gasteiger partial charge is 0.313 e. The summed E-state index contributed by atoms with van der Waals surface area (Å²) in [5.74, 6) is 0. The Morgan fingerprint density at radius 1 is 1.29 bits per heavy atom. The van der Waals surface area contributed by atoms with Crippen LogP contribution in [0.1, 0.15) is 18.9 Å². The quantitative estimate of drug-likeness (QED) is 0.799. The first kappa shape index (κ1) is 11.8. The predicted molar refractivity (Wildman–Crippen MR) is 68.4 cm³/mol. The third-order valence-corrected chi connectivity index (χ3v) is 2.60. The molecular formula is C13H18N4. The van der Waals surface area contributed by atoms with E-state index in [4.69, 9.17) is 0 Å². The molecule has 0 aromatic carbocycles. The molecule has 0 radical (unpaired) electrons. The Hall–Kier alpha value is -1.68. The van der Waals surface area contributed by atoms with Crippen LogP contribution in [0, 0.1) is 0 Å². The summed E-state index contributed by atoms with van der Waals surface area (Å²) in [5.41, 5.74) is 3.39. The van der Waals surface area contributed by atoms with Crippen molar-refractivity contribution in [3.8, 4) is 11.3 Å². The topological polar surface area (TPSA) is 42.7 Å². The molecule has 17 heavy (non-hydrogen) atoms. The Morgan fingerprint density at radius 2 is 2.06 bits per heavy atom. The molecule has 90 valence electrons. The fourth-order valence-electron chi connectivity index (χ4n) is 1.82. The van der Waals surface area contributed by atoms with E-state index >= 15 is 0 Å². The maximum Gasteiger partial charge on any atom is 0.0969 e. The van der Waals surface area contributed by atoms with Crippen LogP contribution < -0.4 is 5.32 Å². The number of pyridine rings is 1. The molecule has 2 aromatic heterocycles. The van der Waals surface area contributed by atoms with E-state index in [1.807, 2.05) is 23.9 Å². The van der Waals surface area contributed by atoms with Crippen molar-refractivity contribution in [3.63, 3.8) is 0 Å². The smallest absolute Gasteiger partial charge is 0.0969 e. The number of rotatable bonds is 5. The van der Waals surface area contributed by atoms with Gasteiger partial charge in [-0.3, -0.25) is 9.67 Å². The molecule has 2 heterocycles. The van der Waals surface area contributed by atoms with Gasteiger partial charge in [0, 0.05) is 43.3 Å². The van der Waals surface area contributed by atoms with E-state index < -0.39 is 0 Å².